The van der Waals surface area contributed by atoms with Crippen LogP contribution in [-0.4, -0.2) is 35.1 Å². The van der Waals surface area contributed by atoms with Gasteiger partial charge < -0.3 is 14.8 Å². The third-order valence-corrected chi connectivity index (χ3v) is 4.59. The van der Waals surface area contributed by atoms with E-state index < -0.39 is 29.6 Å². The Morgan fingerprint density at radius 3 is 2.23 bits per heavy atom. The van der Waals surface area contributed by atoms with Gasteiger partial charge in [-0.2, -0.15) is 5.26 Å². The van der Waals surface area contributed by atoms with Gasteiger partial charge in [-0.1, -0.05) is 0 Å². The van der Waals surface area contributed by atoms with Crippen LogP contribution in [0.5, 0.6) is 11.5 Å². The molecule has 162 valence electrons. The van der Waals surface area contributed by atoms with Gasteiger partial charge in [-0.25, -0.2) is 9.18 Å². The van der Waals surface area contributed by atoms with Crippen molar-refractivity contribution < 1.29 is 23.5 Å². The molecule has 0 aliphatic carbocycles. The van der Waals surface area contributed by atoms with Crippen molar-refractivity contribution in [2.24, 2.45) is 5.92 Å². The lowest BCUT2D eigenvalue weighted by molar-refractivity contribution is -0.120. The number of hydrogen-bond donors (Lipinski definition) is 1. The molecular weight excluding hydrogens is 401 g/mol. The minimum Gasteiger partial charge on any atom is -0.457 e. The minimum atomic E-state index is -0.797. The highest BCUT2D eigenvalue weighted by Crippen LogP contribution is 2.27. The van der Waals surface area contributed by atoms with Gasteiger partial charge in [0, 0.05) is 12.2 Å². The lowest BCUT2D eigenvalue weighted by Gasteiger charge is -2.27. The van der Waals surface area contributed by atoms with Crippen molar-refractivity contribution >= 4 is 17.7 Å². The number of amides is 2. The van der Waals surface area contributed by atoms with Crippen LogP contribution in [0, 0.1) is 23.1 Å². The number of likely N-dealkylation sites (tertiary alicyclic amines) is 1. The number of benzene rings is 2. The van der Waals surface area contributed by atoms with Crippen LogP contribution < -0.4 is 10.1 Å². The normalized spacial score (nSPS) is 18.2. The second-order valence-electron chi connectivity index (χ2n) is 8.28. The van der Waals surface area contributed by atoms with Crippen LogP contribution in [0.15, 0.2) is 48.5 Å². The van der Waals surface area contributed by atoms with E-state index in [1.54, 1.807) is 45.0 Å². The Hall–Kier alpha value is -3.60. The molecule has 0 bridgehead atoms. The first-order chi connectivity index (χ1) is 14.6. The lowest BCUT2D eigenvalue weighted by Crippen LogP contribution is -2.45. The van der Waals surface area contributed by atoms with Gasteiger partial charge in [0.1, 0.15) is 29.0 Å². The number of rotatable bonds is 4. The fourth-order valence-corrected chi connectivity index (χ4v) is 3.17. The van der Waals surface area contributed by atoms with Crippen molar-refractivity contribution in [3.05, 3.63) is 54.3 Å². The largest absolute Gasteiger partial charge is 0.457 e. The summed E-state index contributed by atoms with van der Waals surface area (Å²) < 4.78 is 24.0. The van der Waals surface area contributed by atoms with Crippen LogP contribution in [0.1, 0.15) is 27.2 Å². The molecule has 1 saturated heterocycles. The van der Waals surface area contributed by atoms with Crippen LogP contribution in [0.4, 0.5) is 14.9 Å². The zero-order valence-corrected chi connectivity index (χ0v) is 17.6. The molecule has 0 saturated carbocycles. The van der Waals surface area contributed by atoms with Gasteiger partial charge in [0.05, 0.1) is 12.0 Å². The van der Waals surface area contributed by atoms with Crippen molar-refractivity contribution in [2.75, 3.05) is 11.9 Å². The smallest absolute Gasteiger partial charge is 0.411 e. The average Bonchev–Trinajstić information content (AvgIpc) is 3.15. The fraction of sp³-hybridized carbons (Fsp3) is 0.348. The summed E-state index contributed by atoms with van der Waals surface area (Å²) in [5.41, 5.74) is -0.190. The maximum Gasteiger partial charge on any atom is 0.411 e. The van der Waals surface area contributed by atoms with Gasteiger partial charge in [-0.3, -0.25) is 9.69 Å². The molecule has 0 radical (unpaired) electrons. The van der Waals surface area contributed by atoms with Gasteiger partial charge in [0.2, 0.25) is 5.91 Å². The Kier molecular flexibility index (Phi) is 6.44. The summed E-state index contributed by atoms with van der Waals surface area (Å²) in [6.45, 7) is 5.38. The van der Waals surface area contributed by atoms with E-state index in [1.165, 1.54) is 29.2 Å². The maximum atomic E-state index is 13.0. The van der Waals surface area contributed by atoms with E-state index >= 15 is 0 Å². The monoisotopic (exact) mass is 425 g/mol. The van der Waals surface area contributed by atoms with Crippen molar-refractivity contribution in [1.82, 2.24) is 4.90 Å². The van der Waals surface area contributed by atoms with E-state index in [0.717, 1.165) is 0 Å². The van der Waals surface area contributed by atoms with Gasteiger partial charge in [0.25, 0.3) is 0 Å². The van der Waals surface area contributed by atoms with Crippen molar-refractivity contribution in [1.29, 1.82) is 5.26 Å². The Balaban J connectivity index is 1.65. The number of halogens is 1. The highest BCUT2D eigenvalue weighted by molar-refractivity contribution is 5.97. The molecule has 2 atom stereocenters. The molecule has 1 N–H and O–H groups in total. The number of carbonyl (C=O) groups excluding carboxylic acids is 2. The van der Waals surface area contributed by atoms with Crippen LogP contribution in [0.25, 0.3) is 0 Å². The molecule has 2 unspecified atom stereocenters. The van der Waals surface area contributed by atoms with Gasteiger partial charge in [-0.15, -0.1) is 0 Å². The predicted octanol–water partition coefficient (Wildman–Crippen LogP) is 4.71. The number of hydrogen-bond acceptors (Lipinski definition) is 5. The quantitative estimate of drug-likeness (QED) is 0.766. The number of nitriles is 1. The second-order valence-corrected chi connectivity index (χ2v) is 8.28. The molecule has 1 fully saturated rings. The molecule has 0 spiro atoms. The maximum absolute atomic E-state index is 13.0. The molecule has 31 heavy (non-hydrogen) atoms. The van der Waals surface area contributed by atoms with Crippen LogP contribution >= 0.6 is 0 Å². The highest BCUT2D eigenvalue weighted by Gasteiger charge is 2.41. The Morgan fingerprint density at radius 2 is 1.68 bits per heavy atom. The number of anilines is 1. The molecule has 7 nitrogen and oxygen atoms in total. The third kappa shape index (κ3) is 5.95. The predicted molar refractivity (Wildman–Crippen MR) is 112 cm³/mol. The standard InChI is InChI=1S/C23H24FN3O4/c1-23(2,3)31-22(29)27-14-15(13-25)12-20(27)21(28)26-17-6-10-19(11-7-17)30-18-8-4-16(24)5-9-18/h4-11,15,20H,12,14H2,1-3H3,(H,26,28). The summed E-state index contributed by atoms with van der Waals surface area (Å²) >= 11 is 0. The average molecular weight is 425 g/mol. The van der Waals surface area contributed by atoms with E-state index in [1.807, 2.05) is 0 Å². The molecule has 8 heteroatoms. The van der Waals surface area contributed by atoms with Crippen LogP contribution in [-0.2, 0) is 9.53 Å². The van der Waals surface area contributed by atoms with E-state index in [9.17, 15) is 19.2 Å². The summed E-state index contributed by atoms with van der Waals surface area (Å²) in [7, 11) is 0. The molecule has 2 aromatic rings. The first-order valence-electron chi connectivity index (χ1n) is 9.88. The van der Waals surface area contributed by atoms with Crippen molar-refractivity contribution in [3.63, 3.8) is 0 Å². The molecule has 3 rings (SSSR count). The number of carbonyl (C=O) groups is 2. The molecule has 2 aromatic carbocycles. The topological polar surface area (TPSA) is 91.7 Å². The SMILES string of the molecule is CC(C)(C)OC(=O)N1CC(C#N)CC1C(=O)Nc1ccc(Oc2ccc(F)cc2)cc1. The van der Waals surface area contributed by atoms with Crippen molar-refractivity contribution in [3.8, 4) is 17.6 Å². The number of nitrogens with zero attached hydrogens (tertiary/aromatic N) is 2. The first kappa shape index (κ1) is 22.1. The zero-order valence-electron chi connectivity index (χ0n) is 17.6. The Bertz CT molecular complexity index is 978. The summed E-state index contributed by atoms with van der Waals surface area (Å²) in [5.74, 6) is -0.174. The highest BCUT2D eigenvalue weighted by atomic mass is 19.1. The summed E-state index contributed by atoms with van der Waals surface area (Å²) in [4.78, 5) is 26.6. The van der Waals surface area contributed by atoms with Crippen molar-refractivity contribution in [2.45, 2.75) is 38.8 Å². The molecular formula is C23H24FN3O4. The Morgan fingerprint density at radius 1 is 1.10 bits per heavy atom. The molecule has 1 heterocycles. The van der Waals surface area contributed by atoms with E-state index in [0.29, 0.717) is 17.2 Å². The van der Waals surface area contributed by atoms with Crippen LogP contribution in [0.2, 0.25) is 0 Å². The number of ether oxygens (including phenoxy) is 2. The molecule has 0 aromatic heterocycles. The second kappa shape index (κ2) is 9.04. The van der Waals surface area contributed by atoms with Crippen LogP contribution in [0.3, 0.4) is 0 Å². The Labute approximate surface area is 180 Å². The first-order valence-corrected chi connectivity index (χ1v) is 9.88. The molecule has 1 aliphatic heterocycles. The molecule has 2 amide bonds. The van der Waals surface area contributed by atoms with Gasteiger partial charge in [0.15, 0.2) is 0 Å². The fourth-order valence-electron chi connectivity index (χ4n) is 3.17. The molecule has 1 aliphatic rings. The summed E-state index contributed by atoms with van der Waals surface area (Å²) in [5, 5.41) is 12.0. The summed E-state index contributed by atoms with van der Waals surface area (Å²) in [6, 6.07) is 13.6. The third-order valence-electron chi connectivity index (χ3n) is 4.59. The zero-order chi connectivity index (χ0) is 22.6. The van der Waals surface area contributed by atoms with E-state index in [2.05, 4.69) is 11.4 Å². The summed E-state index contributed by atoms with van der Waals surface area (Å²) in [6.07, 6.45) is -0.374. The van der Waals surface area contributed by atoms with Gasteiger partial charge in [-0.05, 0) is 75.7 Å². The lowest BCUT2D eigenvalue weighted by atomic mass is 10.1. The number of nitrogens with one attached hydrogen (secondary N) is 1. The van der Waals surface area contributed by atoms with Gasteiger partial charge >= 0.3 is 6.09 Å². The van der Waals surface area contributed by atoms with E-state index in [-0.39, 0.29) is 18.8 Å². The minimum absolute atomic E-state index is 0.147. The van der Waals surface area contributed by atoms with E-state index in [4.69, 9.17) is 9.47 Å².